The van der Waals surface area contributed by atoms with E-state index in [0.717, 1.165) is 34.0 Å². The molecule has 3 rings (SSSR count). The molecule has 0 bridgehead atoms. The Bertz CT molecular complexity index is 811. The molecule has 118 valence electrons. The summed E-state index contributed by atoms with van der Waals surface area (Å²) >= 11 is 3.39. The van der Waals surface area contributed by atoms with Gasteiger partial charge in [0.25, 0.3) is 5.91 Å². The summed E-state index contributed by atoms with van der Waals surface area (Å²) in [6.45, 7) is 10.9. The molecule has 1 aromatic carbocycles. The lowest BCUT2D eigenvalue weighted by Crippen LogP contribution is -2.50. The average Bonchev–Trinajstić information content (AvgIpc) is 2.58. The maximum absolute atomic E-state index is 12.5. The highest BCUT2D eigenvalue weighted by atomic mass is 79.9. The van der Waals surface area contributed by atoms with Crippen molar-refractivity contribution in [2.75, 3.05) is 31.1 Å². The predicted octanol–water partition coefficient (Wildman–Crippen LogP) is 1.63. The number of amides is 1. The molecule has 1 aliphatic rings. The molecule has 1 saturated heterocycles. The first-order valence-electron chi connectivity index (χ1n) is 7.49. The van der Waals surface area contributed by atoms with Crippen LogP contribution in [0.2, 0.25) is 0 Å². The monoisotopic (exact) mass is 371 g/mol. The van der Waals surface area contributed by atoms with Gasteiger partial charge in [-0.25, -0.2) is 0 Å². The Morgan fingerprint density at radius 1 is 1.04 bits per heavy atom. The van der Waals surface area contributed by atoms with Crippen LogP contribution in [0.1, 0.15) is 10.4 Å². The second-order valence-electron chi connectivity index (χ2n) is 5.54. The zero-order valence-corrected chi connectivity index (χ0v) is 14.4. The molecule has 1 aromatic heterocycles. The molecule has 2 aromatic rings. The van der Waals surface area contributed by atoms with Gasteiger partial charge in [0.2, 0.25) is 0 Å². The molecule has 23 heavy (non-hydrogen) atoms. The van der Waals surface area contributed by atoms with Gasteiger partial charge in [-0.3, -0.25) is 9.78 Å². The SMILES string of the molecule is C=c1nccc(N2CCN(C(=O)c3ccc(Br)cc3)CC2)c1=C. The van der Waals surface area contributed by atoms with Crippen molar-refractivity contribution in [1.29, 1.82) is 0 Å². The van der Waals surface area contributed by atoms with E-state index in [9.17, 15) is 4.79 Å². The Hall–Kier alpha value is -2.14. The quantitative estimate of drug-likeness (QED) is 0.804. The minimum absolute atomic E-state index is 0.0829. The van der Waals surface area contributed by atoms with Gasteiger partial charge in [0.05, 0.1) is 5.35 Å². The van der Waals surface area contributed by atoms with E-state index >= 15 is 0 Å². The number of aromatic nitrogens is 1. The highest BCUT2D eigenvalue weighted by Gasteiger charge is 2.22. The number of carbonyl (C=O) groups excluding carboxylic acids is 1. The van der Waals surface area contributed by atoms with Crippen molar-refractivity contribution in [3.8, 4) is 0 Å². The summed E-state index contributed by atoms with van der Waals surface area (Å²) in [4.78, 5) is 20.8. The highest BCUT2D eigenvalue weighted by Crippen LogP contribution is 2.15. The second-order valence-corrected chi connectivity index (χ2v) is 6.46. The molecule has 4 nitrogen and oxygen atoms in total. The number of hydrogen-bond acceptors (Lipinski definition) is 3. The first kappa shape index (κ1) is 15.7. The zero-order valence-electron chi connectivity index (χ0n) is 12.8. The summed E-state index contributed by atoms with van der Waals surface area (Å²) in [7, 11) is 0. The van der Waals surface area contributed by atoms with E-state index in [2.05, 4.69) is 39.0 Å². The van der Waals surface area contributed by atoms with Crippen molar-refractivity contribution >= 4 is 40.7 Å². The van der Waals surface area contributed by atoms with Crippen molar-refractivity contribution in [3.05, 3.63) is 57.1 Å². The first-order chi connectivity index (χ1) is 11.1. The topological polar surface area (TPSA) is 36.4 Å². The fourth-order valence-electron chi connectivity index (χ4n) is 2.75. The lowest BCUT2D eigenvalue weighted by atomic mass is 10.1. The number of carbonyl (C=O) groups is 1. The first-order valence-corrected chi connectivity index (χ1v) is 8.28. The molecule has 1 aliphatic heterocycles. The summed E-state index contributed by atoms with van der Waals surface area (Å²) in [6.07, 6.45) is 1.76. The van der Waals surface area contributed by atoms with Crippen molar-refractivity contribution in [3.63, 3.8) is 0 Å². The molecule has 0 atom stereocenters. The number of nitrogens with zero attached hydrogens (tertiary/aromatic N) is 3. The van der Waals surface area contributed by atoms with Crippen LogP contribution in [-0.4, -0.2) is 42.0 Å². The smallest absolute Gasteiger partial charge is 0.253 e. The fraction of sp³-hybridized carbons (Fsp3) is 0.222. The summed E-state index contributed by atoms with van der Waals surface area (Å²) in [5.74, 6) is 0.0829. The van der Waals surface area contributed by atoms with Crippen LogP contribution in [0.3, 0.4) is 0 Å². The zero-order chi connectivity index (χ0) is 16.4. The molecule has 1 fully saturated rings. The third-order valence-electron chi connectivity index (χ3n) is 4.12. The van der Waals surface area contributed by atoms with Gasteiger partial charge < -0.3 is 9.80 Å². The maximum Gasteiger partial charge on any atom is 0.253 e. The highest BCUT2D eigenvalue weighted by molar-refractivity contribution is 9.10. The summed E-state index contributed by atoms with van der Waals surface area (Å²) in [5, 5.41) is 1.57. The van der Waals surface area contributed by atoms with Gasteiger partial charge in [-0.1, -0.05) is 29.1 Å². The van der Waals surface area contributed by atoms with Gasteiger partial charge in [-0.2, -0.15) is 0 Å². The van der Waals surface area contributed by atoms with Crippen molar-refractivity contribution in [2.24, 2.45) is 0 Å². The lowest BCUT2D eigenvalue weighted by molar-refractivity contribution is 0.0746. The van der Waals surface area contributed by atoms with Crippen LogP contribution in [-0.2, 0) is 0 Å². The molecule has 2 heterocycles. The van der Waals surface area contributed by atoms with Crippen LogP contribution in [0, 0.1) is 0 Å². The number of pyridine rings is 1. The number of hydrogen-bond donors (Lipinski definition) is 0. The van der Waals surface area contributed by atoms with E-state index in [4.69, 9.17) is 0 Å². The number of rotatable bonds is 2. The summed E-state index contributed by atoms with van der Waals surface area (Å²) in [5.41, 5.74) is 1.78. The van der Waals surface area contributed by atoms with Crippen molar-refractivity contribution in [1.82, 2.24) is 9.88 Å². The molecule has 0 spiro atoms. The Morgan fingerprint density at radius 2 is 1.70 bits per heavy atom. The van der Waals surface area contributed by atoms with Crippen LogP contribution in [0.5, 0.6) is 0 Å². The summed E-state index contributed by atoms with van der Waals surface area (Å²) in [6, 6.07) is 9.45. The van der Waals surface area contributed by atoms with Crippen molar-refractivity contribution in [2.45, 2.75) is 0 Å². The minimum atomic E-state index is 0.0829. The largest absolute Gasteiger partial charge is 0.367 e. The number of halogens is 1. The van der Waals surface area contributed by atoms with Crippen LogP contribution in [0.4, 0.5) is 5.69 Å². The van der Waals surface area contributed by atoms with Gasteiger partial charge in [0, 0.05) is 53.3 Å². The molecule has 5 heteroatoms. The normalized spacial score (nSPS) is 14.8. The van der Waals surface area contributed by atoms with E-state index < -0.39 is 0 Å². The van der Waals surface area contributed by atoms with E-state index in [1.165, 1.54) is 0 Å². The van der Waals surface area contributed by atoms with Gasteiger partial charge in [-0.15, -0.1) is 0 Å². The van der Waals surface area contributed by atoms with Crippen LogP contribution >= 0.6 is 15.9 Å². The van der Waals surface area contributed by atoms with E-state index in [0.29, 0.717) is 18.4 Å². The molecular weight excluding hydrogens is 354 g/mol. The Balaban J connectivity index is 1.70. The second kappa shape index (κ2) is 6.54. The van der Waals surface area contributed by atoms with E-state index in [1.807, 2.05) is 35.2 Å². The lowest BCUT2D eigenvalue weighted by Gasteiger charge is -2.36. The van der Waals surface area contributed by atoms with Gasteiger partial charge >= 0.3 is 0 Å². The maximum atomic E-state index is 12.5. The molecule has 0 radical (unpaired) electrons. The average molecular weight is 372 g/mol. The number of benzene rings is 1. The van der Waals surface area contributed by atoms with Crippen LogP contribution in [0.25, 0.3) is 13.2 Å². The summed E-state index contributed by atoms with van der Waals surface area (Å²) < 4.78 is 0.975. The van der Waals surface area contributed by atoms with Gasteiger partial charge in [0.1, 0.15) is 0 Å². The molecule has 0 saturated carbocycles. The third kappa shape index (κ3) is 3.29. The number of piperazine rings is 1. The van der Waals surface area contributed by atoms with Gasteiger partial charge in [-0.05, 0) is 30.3 Å². The van der Waals surface area contributed by atoms with E-state index in [1.54, 1.807) is 6.20 Å². The molecular formula is C18H18BrN3O. The Labute approximate surface area is 143 Å². The predicted molar refractivity (Wildman–Crippen MR) is 96.8 cm³/mol. The molecule has 1 amide bonds. The Kier molecular flexibility index (Phi) is 4.48. The fourth-order valence-corrected chi connectivity index (χ4v) is 3.01. The minimum Gasteiger partial charge on any atom is -0.367 e. The van der Waals surface area contributed by atoms with Crippen LogP contribution < -0.4 is 15.5 Å². The molecule has 0 aliphatic carbocycles. The molecule has 0 N–H and O–H groups in total. The standard InChI is InChI=1S/C18H18BrN3O/c1-13-14(2)20-8-7-17(13)21-9-11-22(12-10-21)18(23)15-3-5-16(19)6-4-15/h3-8H,1-2,9-12H2. The third-order valence-corrected chi connectivity index (χ3v) is 4.65. The molecule has 0 unspecified atom stereocenters. The van der Waals surface area contributed by atoms with E-state index in [-0.39, 0.29) is 5.91 Å². The van der Waals surface area contributed by atoms with Gasteiger partial charge in [0.15, 0.2) is 0 Å². The Morgan fingerprint density at radius 3 is 2.35 bits per heavy atom. The van der Waals surface area contributed by atoms with Crippen LogP contribution in [0.15, 0.2) is 41.0 Å². The number of anilines is 1. The van der Waals surface area contributed by atoms with Crippen molar-refractivity contribution < 1.29 is 4.79 Å².